The van der Waals surface area contributed by atoms with Gasteiger partial charge in [0, 0.05) is 23.5 Å². The second kappa shape index (κ2) is 7.08. The molecular weight excluding hydrogens is 340 g/mol. The van der Waals surface area contributed by atoms with E-state index in [-0.39, 0.29) is 11.3 Å². The van der Waals surface area contributed by atoms with Gasteiger partial charge in [0.2, 0.25) is 10.0 Å². The first-order valence-electron chi connectivity index (χ1n) is 7.71. The van der Waals surface area contributed by atoms with Crippen LogP contribution in [0, 0.1) is 0 Å². The van der Waals surface area contributed by atoms with Gasteiger partial charge < -0.3 is 9.72 Å². The van der Waals surface area contributed by atoms with Crippen LogP contribution in [0.15, 0.2) is 65.7 Å². The van der Waals surface area contributed by atoms with Crippen molar-refractivity contribution in [1.82, 2.24) is 9.71 Å². The molecule has 0 saturated heterocycles. The van der Waals surface area contributed by atoms with Crippen molar-refractivity contribution >= 4 is 26.9 Å². The summed E-state index contributed by atoms with van der Waals surface area (Å²) < 4.78 is 32.3. The quantitative estimate of drug-likeness (QED) is 0.662. The topological polar surface area (TPSA) is 88.3 Å². The molecule has 0 aliphatic carbocycles. The Kier molecular flexibility index (Phi) is 4.87. The molecule has 0 radical (unpaired) electrons. The first-order valence-corrected chi connectivity index (χ1v) is 9.20. The third-order valence-corrected chi connectivity index (χ3v) is 5.42. The number of hydrogen-bond acceptors (Lipinski definition) is 4. The first-order chi connectivity index (χ1) is 12.0. The Labute approximate surface area is 145 Å². The van der Waals surface area contributed by atoms with Crippen LogP contribution in [0.4, 0.5) is 0 Å². The van der Waals surface area contributed by atoms with Crippen LogP contribution in [-0.4, -0.2) is 32.5 Å². The van der Waals surface area contributed by atoms with E-state index in [2.05, 4.69) is 9.71 Å². The van der Waals surface area contributed by atoms with E-state index in [1.54, 1.807) is 24.4 Å². The van der Waals surface area contributed by atoms with Crippen molar-refractivity contribution in [3.63, 3.8) is 0 Å². The normalized spacial score (nSPS) is 12.8. The maximum atomic E-state index is 12.5. The van der Waals surface area contributed by atoms with Crippen molar-refractivity contribution in [3.8, 4) is 0 Å². The van der Waals surface area contributed by atoms with Crippen LogP contribution in [0.25, 0.3) is 10.9 Å². The van der Waals surface area contributed by atoms with Crippen LogP contribution < -0.4 is 4.72 Å². The van der Waals surface area contributed by atoms with E-state index in [0.29, 0.717) is 0 Å². The molecular formula is C18H18N2O4S. The van der Waals surface area contributed by atoms with Crippen molar-refractivity contribution in [2.24, 2.45) is 0 Å². The molecule has 6 nitrogen and oxygen atoms in total. The Balaban J connectivity index is 1.89. The second-order valence-corrected chi connectivity index (χ2v) is 7.29. The smallest absolute Gasteiger partial charge is 0.324 e. The van der Waals surface area contributed by atoms with Crippen LogP contribution in [0.3, 0.4) is 0 Å². The minimum atomic E-state index is -3.83. The number of aromatic nitrogens is 1. The summed E-state index contributed by atoms with van der Waals surface area (Å²) in [6.07, 6.45) is 1.96. The number of nitrogens with one attached hydrogen (secondary N) is 2. The maximum Gasteiger partial charge on any atom is 0.324 e. The van der Waals surface area contributed by atoms with Crippen molar-refractivity contribution in [3.05, 3.63) is 66.4 Å². The van der Waals surface area contributed by atoms with Crippen LogP contribution in [0.2, 0.25) is 0 Å². The van der Waals surface area contributed by atoms with Crippen molar-refractivity contribution in [1.29, 1.82) is 0 Å². The number of hydrogen-bond donors (Lipinski definition) is 2. The van der Waals surface area contributed by atoms with Crippen molar-refractivity contribution < 1.29 is 17.9 Å². The number of methoxy groups -OCH3 is 1. The number of carbonyl (C=O) groups excluding carboxylic acids is 1. The number of H-pyrrole nitrogens is 1. The fraction of sp³-hybridized carbons (Fsp3) is 0.167. The standard InChI is InChI=1S/C18H18N2O4S/c1-24-18(21)17(20-25(22,23)14-7-3-2-4-8-14)11-13-12-19-16-10-6-5-9-15(13)16/h2-10,12,17,19-20H,11H2,1H3. The van der Waals surface area contributed by atoms with E-state index in [4.69, 9.17) is 4.74 Å². The van der Waals surface area contributed by atoms with Gasteiger partial charge in [0.1, 0.15) is 6.04 Å². The highest BCUT2D eigenvalue weighted by molar-refractivity contribution is 7.89. The molecule has 1 unspecified atom stereocenters. The number of sulfonamides is 1. The lowest BCUT2D eigenvalue weighted by Gasteiger charge is -2.16. The molecule has 25 heavy (non-hydrogen) atoms. The molecule has 1 heterocycles. The third-order valence-electron chi connectivity index (χ3n) is 3.94. The predicted molar refractivity (Wildman–Crippen MR) is 94.6 cm³/mol. The second-order valence-electron chi connectivity index (χ2n) is 5.57. The number of fused-ring (bicyclic) bond motifs is 1. The molecule has 0 saturated carbocycles. The van der Waals surface area contributed by atoms with E-state index in [9.17, 15) is 13.2 Å². The van der Waals surface area contributed by atoms with Gasteiger partial charge in [0.25, 0.3) is 0 Å². The van der Waals surface area contributed by atoms with Gasteiger partial charge in [0.05, 0.1) is 12.0 Å². The lowest BCUT2D eigenvalue weighted by Crippen LogP contribution is -2.42. The Morgan fingerprint density at radius 1 is 1.12 bits per heavy atom. The molecule has 3 rings (SSSR count). The van der Waals surface area contributed by atoms with Gasteiger partial charge in [-0.1, -0.05) is 36.4 Å². The number of carbonyl (C=O) groups is 1. The Bertz CT molecular complexity index is 980. The minimum Gasteiger partial charge on any atom is -0.468 e. The average Bonchev–Trinajstić information content (AvgIpc) is 3.04. The lowest BCUT2D eigenvalue weighted by molar-refractivity contribution is -0.142. The number of benzene rings is 2. The molecule has 0 amide bonds. The van der Waals surface area contributed by atoms with E-state index in [1.165, 1.54) is 19.2 Å². The molecule has 3 aromatic rings. The van der Waals surface area contributed by atoms with Crippen molar-refractivity contribution in [2.45, 2.75) is 17.4 Å². The van der Waals surface area contributed by atoms with Crippen LogP contribution in [0.5, 0.6) is 0 Å². The first kappa shape index (κ1) is 17.2. The number of esters is 1. The van der Waals surface area contributed by atoms with Crippen molar-refractivity contribution in [2.75, 3.05) is 7.11 Å². The van der Waals surface area contributed by atoms with E-state index in [1.807, 2.05) is 24.3 Å². The highest BCUT2D eigenvalue weighted by atomic mass is 32.2. The zero-order valence-electron chi connectivity index (χ0n) is 13.6. The zero-order valence-corrected chi connectivity index (χ0v) is 14.4. The van der Waals surface area contributed by atoms with Gasteiger partial charge in [-0.25, -0.2) is 8.42 Å². The summed E-state index contributed by atoms with van der Waals surface area (Å²) in [5.41, 5.74) is 1.76. The van der Waals surface area contributed by atoms with Crippen LogP contribution in [-0.2, 0) is 26.0 Å². The van der Waals surface area contributed by atoms with Gasteiger partial charge in [-0.2, -0.15) is 4.72 Å². The maximum absolute atomic E-state index is 12.5. The minimum absolute atomic E-state index is 0.0998. The Morgan fingerprint density at radius 3 is 2.52 bits per heavy atom. The SMILES string of the molecule is COC(=O)C(Cc1c[nH]c2ccccc12)NS(=O)(=O)c1ccccc1. The molecule has 130 valence electrons. The number of aromatic amines is 1. The highest BCUT2D eigenvalue weighted by Gasteiger charge is 2.27. The Hall–Kier alpha value is -2.64. The summed E-state index contributed by atoms with van der Waals surface area (Å²) >= 11 is 0. The number of ether oxygens (including phenoxy) is 1. The summed E-state index contributed by atoms with van der Waals surface area (Å²) in [7, 11) is -2.59. The van der Waals surface area contributed by atoms with Gasteiger partial charge in [0.15, 0.2) is 0 Å². The van der Waals surface area contributed by atoms with E-state index < -0.39 is 22.0 Å². The monoisotopic (exact) mass is 358 g/mol. The van der Waals surface area contributed by atoms with E-state index in [0.717, 1.165) is 16.5 Å². The lowest BCUT2D eigenvalue weighted by atomic mass is 10.1. The van der Waals surface area contributed by atoms with Gasteiger partial charge in [-0.05, 0) is 23.8 Å². The summed E-state index contributed by atoms with van der Waals surface area (Å²) in [5, 5.41) is 0.940. The molecule has 1 atom stereocenters. The number of para-hydroxylation sites is 1. The summed E-state index contributed by atoms with van der Waals surface area (Å²) in [6, 6.07) is 14.5. The van der Waals surface area contributed by atoms with Gasteiger partial charge in [-0.15, -0.1) is 0 Å². The molecule has 0 aliphatic heterocycles. The van der Waals surface area contributed by atoms with Crippen LogP contribution >= 0.6 is 0 Å². The fourth-order valence-electron chi connectivity index (χ4n) is 2.69. The Morgan fingerprint density at radius 2 is 1.80 bits per heavy atom. The van der Waals surface area contributed by atoms with Crippen LogP contribution in [0.1, 0.15) is 5.56 Å². The predicted octanol–water partition coefficient (Wildman–Crippen LogP) is 2.23. The summed E-state index contributed by atoms with van der Waals surface area (Å²) in [6.45, 7) is 0. The molecule has 0 aliphatic rings. The molecule has 2 N–H and O–H groups in total. The van der Waals surface area contributed by atoms with Gasteiger partial charge >= 0.3 is 5.97 Å². The molecule has 7 heteroatoms. The molecule has 0 fully saturated rings. The zero-order chi connectivity index (χ0) is 17.9. The highest BCUT2D eigenvalue weighted by Crippen LogP contribution is 2.20. The summed E-state index contributed by atoms with van der Waals surface area (Å²) in [4.78, 5) is 15.3. The molecule has 0 spiro atoms. The van der Waals surface area contributed by atoms with E-state index >= 15 is 0 Å². The largest absolute Gasteiger partial charge is 0.468 e. The fourth-order valence-corrected chi connectivity index (χ4v) is 3.90. The molecule has 1 aromatic heterocycles. The molecule has 2 aromatic carbocycles. The average molecular weight is 358 g/mol. The summed E-state index contributed by atoms with van der Waals surface area (Å²) in [5.74, 6) is -0.634. The van der Waals surface area contributed by atoms with Gasteiger partial charge in [-0.3, -0.25) is 4.79 Å². The third kappa shape index (κ3) is 3.72. The number of rotatable bonds is 6. The molecule has 0 bridgehead atoms.